The lowest BCUT2D eigenvalue weighted by Crippen LogP contribution is -2.21. The minimum Gasteiger partial charge on any atom is -0.494 e. The molecule has 7 heteroatoms. The van der Waals surface area contributed by atoms with Crippen LogP contribution in [0.5, 0.6) is 17.2 Å². The second-order valence-electron chi connectivity index (χ2n) is 6.21. The van der Waals surface area contributed by atoms with Crippen molar-refractivity contribution in [3.8, 4) is 17.2 Å². The van der Waals surface area contributed by atoms with Crippen molar-refractivity contribution in [3.63, 3.8) is 0 Å². The summed E-state index contributed by atoms with van der Waals surface area (Å²) in [6.45, 7) is 3.31. The number of nitrogens with one attached hydrogen (secondary N) is 1. The van der Waals surface area contributed by atoms with Gasteiger partial charge < -0.3 is 24.3 Å². The molecule has 1 heterocycles. The van der Waals surface area contributed by atoms with Crippen molar-refractivity contribution in [1.82, 2.24) is 0 Å². The van der Waals surface area contributed by atoms with Crippen molar-refractivity contribution in [2.24, 2.45) is 0 Å². The number of hydrogen-bond acceptors (Lipinski definition) is 6. The molecule has 0 bridgehead atoms. The van der Waals surface area contributed by atoms with Gasteiger partial charge in [-0.15, -0.1) is 0 Å². The van der Waals surface area contributed by atoms with Crippen molar-refractivity contribution >= 4 is 17.6 Å². The first-order valence-corrected chi connectivity index (χ1v) is 9.25. The molecule has 148 valence electrons. The highest BCUT2D eigenvalue weighted by Crippen LogP contribution is 2.32. The van der Waals surface area contributed by atoms with E-state index >= 15 is 0 Å². The van der Waals surface area contributed by atoms with Crippen LogP contribution in [-0.4, -0.2) is 38.3 Å². The Morgan fingerprint density at radius 2 is 1.79 bits per heavy atom. The Hall–Kier alpha value is -3.22. The third-order valence-corrected chi connectivity index (χ3v) is 4.02. The summed E-state index contributed by atoms with van der Waals surface area (Å²) in [7, 11) is 0. The van der Waals surface area contributed by atoms with Crippen LogP contribution in [0.1, 0.15) is 30.1 Å². The first-order chi connectivity index (χ1) is 13.7. The van der Waals surface area contributed by atoms with Crippen molar-refractivity contribution in [3.05, 3.63) is 48.0 Å². The van der Waals surface area contributed by atoms with E-state index in [1.165, 1.54) is 0 Å². The van der Waals surface area contributed by atoms with Gasteiger partial charge in [-0.25, -0.2) is 4.79 Å². The monoisotopic (exact) mass is 385 g/mol. The lowest BCUT2D eigenvalue weighted by molar-refractivity contribution is -0.119. The second-order valence-corrected chi connectivity index (χ2v) is 6.21. The van der Waals surface area contributed by atoms with Gasteiger partial charge in [0.15, 0.2) is 18.1 Å². The summed E-state index contributed by atoms with van der Waals surface area (Å²) < 4.78 is 21.5. The molecule has 28 heavy (non-hydrogen) atoms. The van der Waals surface area contributed by atoms with Crippen LogP contribution in [0.3, 0.4) is 0 Å². The van der Waals surface area contributed by atoms with Gasteiger partial charge >= 0.3 is 5.97 Å². The van der Waals surface area contributed by atoms with E-state index in [1.54, 1.807) is 42.5 Å². The summed E-state index contributed by atoms with van der Waals surface area (Å²) in [6, 6.07) is 11.7. The van der Waals surface area contributed by atoms with Crippen LogP contribution in [0.4, 0.5) is 5.69 Å². The third-order valence-electron chi connectivity index (χ3n) is 4.02. The Morgan fingerprint density at radius 1 is 1.04 bits per heavy atom. The molecule has 0 atom stereocenters. The molecule has 0 aromatic heterocycles. The topological polar surface area (TPSA) is 83.1 Å². The maximum absolute atomic E-state index is 12.1. The highest BCUT2D eigenvalue weighted by atomic mass is 16.6. The van der Waals surface area contributed by atoms with Crippen LogP contribution in [0.2, 0.25) is 0 Å². The van der Waals surface area contributed by atoms with Crippen LogP contribution in [-0.2, 0) is 9.53 Å². The number of benzene rings is 2. The SMILES string of the molecule is CCCCOc1ccc(C(=O)OCC(=O)Nc2ccc3c(c2)OCCO3)cc1. The zero-order valence-electron chi connectivity index (χ0n) is 15.7. The minimum absolute atomic E-state index is 0.356. The van der Waals surface area contributed by atoms with Gasteiger partial charge in [0, 0.05) is 11.8 Å². The Kier molecular flexibility index (Phi) is 6.73. The molecule has 0 radical (unpaired) electrons. The van der Waals surface area contributed by atoms with Gasteiger partial charge in [-0.05, 0) is 42.8 Å². The number of rotatable bonds is 8. The Bertz CT molecular complexity index is 818. The van der Waals surface area contributed by atoms with E-state index in [1.807, 2.05) is 0 Å². The third kappa shape index (κ3) is 5.39. The number of hydrogen-bond donors (Lipinski definition) is 1. The fourth-order valence-corrected chi connectivity index (χ4v) is 2.55. The number of carbonyl (C=O) groups is 2. The number of carbonyl (C=O) groups excluding carboxylic acids is 2. The molecule has 2 aromatic carbocycles. The molecule has 0 aliphatic carbocycles. The second kappa shape index (κ2) is 9.64. The van der Waals surface area contributed by atoms with E-state index < -0.39 is 11.9 Å². The van der Waals surface area contributed by atoms with Crippen molar-refractivity contribution < 1.29 is 28.5 Å². The van der Waals surface area contributed by atoms with Crippen LogP contribution < -0.4 is 19.5 Å². The summed E-state index contributed by atoms with van der Waals surface area (Å²) in [5.41, 5.74) is 0.897. The molecule has 1 aliphatic heterocycles. The van der Waals surface area contributed by atoms with Gasteiger partial charge in [-0.3, -0.25) is 4.79 Å². The predicted octanol–water partition coefficient (Wildman–Crippen LogP) is 3.43. The van der Waals surface area contributed by atoms with Crippen molar-refractivity contribution in [2.45, 2.75) is 19.8 Å². The highest BCUT2D eigenvalue weighted by molar-refractivity contribution is 5.95. The van der Waals surface area contributed by atoms with Gasteiger partial charge in [0.1, 0.15) is 19.0 Å². The molecule has 0 saturated carbocycles. The lowest BCUT2D eigenvalue weighted by Gasteiger charge is -2.19. The number of fused-ring (bicyclic) bond motifs is 1. The summed E-state index contributed by atoms with van der Waals surface area (Å²) in [5, 5.41) is 2.66. The minimum atomic E-state index is -0.572. The first-order valence-electron chi connectivity index (χ1n) is 9.25. The summed E-state index contributed by atoms with van der Waals surface area (Å²) in [4.78, 5) is 24.1. The quantitative estimate of drug-likeness (QED) is 0.554. The van der Waals surface area contributed by atoms with Crippen LogP contribution >= 0.6 is 0 Å². The van der Waals surface area contributed by atoms with Crippen molar-refractivity contribution in [1.29, 1.82) is 0 Å². The molecule has 0 fully saturated rings. The molecule has 3 rings (SSSR count). The molecule has 2 aromatic rings. The van der Waals surface area contributed by atoms with E-state index in [2.05, 4.69) is 12.2 Å². The fraction of sp³-hybridized carbons (Fsp3) is 0.333. The molecule has 0 unspecified atom stereocenters. The molecule has 1 N–H and O–H groups in total. The van der Waals surface area contributed by atoms with E-state index in [4.69, 9.17) is 18.9 Å². The normalized spacial score (nSPS) is 12.2. The average molecular weight is 385 g/mol. The molecule has 1 aliphatic rings. The van der Waals surface area contributed by atoms with E-state index in [0.29, 0.717) is 48.3 Å². The molecule has 7 nitrogen and oxygen atoms in total. The summed E-state index contributed by atoms with van der Waals surface area (Å²) >= 11 is 0. The lowest BCUT2D eigenvalue weighted by atomic mass is 10.2. The first kappa shape index (κ1) is 19.5. The van der Waals surface area contributed by atoms with Crippen LogP contribution in [0.25, 0.3) is 0 Å². The maximum Gasteiger partial charge on any atom is 0.338 e. The zero-order valence-corrected chi connectivity index (χ0v) is 15.7. The van der Waals surface area contributed by atoms with Crippen LogP contribution in [0.15, 0.2) is 42.5 Å². The van der Waals surface area contributed by atoms with Crippen molar-refractivity contribution in [2.75, 3.05) is 31.7 Å². The molecule has 0 saturated heterocycles. The molecule has 0 spiro atoms. The summed E-state index contributed by atoms with van der Waals surface area (Å²) in [5.74, 6) is 0.892. The number of esters is 1. The highest BCUT2D eigenvalue weighted by Gasteiger charge is 2.14. The van der Waals surface area contributed by atoms with E-state index in [0.717, 1.165) is 12.8 Å². The fourth-order valence-electron chi connectivity index (χ4n) is 2.55. The Morgan fingerprint density at radius 3 is 2.54 bits per heavy atom. The number of ether oxygens (including phenoxy) is 4. The number of unbranched alkanes of at least 4 members (excludes halogenated alkanes) is 1. The zero-order chi connectivity index (χ0) is 19.8. The van der Waals surface area contributed by atoms with Crippen LogP contribution in [0, 0.1) is 0 Å². The van der Waals surface area contributed by atoms with E-state index in [9.17, 15) is 9.59 Å². The average Bonchev–Trinajstić information content (AvgIpc) is 2.72. The smallest absolute Gasteiger partial charge is 0.338 e. The van der Waals surface area contributed by atoms with Gasteiger partial charge in [-0.1, -0.05) is 13.3 Å². The van der Waals surface area contributed by atoms with Gasteiger partial charge in [0.05, 0.1) is 12.2 Å². The van der Waals surface area contributed by atoms with Gasteiger partial charge in [0.2, 0.25) is 0 Å². The number of anilines is 1. The standard InChI is InChI=1S/C21H23NO6/c1-2-3-10-25-17-7-4-15(5-8-17)21(24)28-14-20(23)22-16-6-9-18-19(13-16)27-12-11-26-18/h4-9,13H,2-3,10-12,14H2,1H3,(H,22,23). The van der Waals surface area contributed by atoms with E-state index in [-0.39, 0.29) is 6.61 Å². The maximum atomic E-state index is 12.1. The Balaban J connectivity index is 1.47. The molecule has 1 amide bonds. The predicted molar refractivity (Wildman–Crippen MR) is 103 cm³/mol. The number of amides is 1. The largest absolute Gasteiger partial charge is 0.494 e. The van der Waals surface area contributed by atoms with Gasteiger partial charge in [0.25, 0.3) is 5.91 Å². The molecular weight excluding hydrogens is 362 g/mol. The molecular formula is C21H23NO6. The summed E-state index contributed by atoms with van der Waals surface area (Å²) in [6.07, 6.45) is 2.03. The Labute approximate surface area is 163 Å². The van der Waals surface area contributed by atoms with Gasteiger partial charge in [-0.2, -0.15) is 0 Å².